The fourth-order valence-electron chi connectivity index (χ4n) is 2.62. The number of nitrogens with zero attached hydrogens (tertiary/aromatic N) is 1. The van der Waals surface area contributed by atoms with Gasteiger partial charge in [0.1, 0.15) is 5.75 Å². The van der Waals surface area contributed by atoms with Gasteiger partial charge < -0.3 is 15.0 Å². The Hall–Kier alpha value is -1.43. The number of ether oxygens (including phenoxy) is 1. The standard InChI is InChI=1S/C15H21F3N2O/c1-4-11-9-19-14(2,3)10-20(11)12-5-7-13(8-6-12)21-15(16,17)18/h5-8,11,19H,4,9-10H2,1-3H3. The molecule has 0 aromatic heterocycles. The summed E-state index contributed by atoms with van der Waals surface area (Å²) in [6.07, 6.45) is -3.67. The van der Waals surface area contributed by atoms with Crippen molar-refractivity contribution in [3.8, 4) is 5.75 Å². The molecule has 1 aliphatic heterocycles. The van der Waals surface area contributed by atoms with Gasteiger partial charge in [-0.1, -0.05) is 6.92 Å². The van der Waals surface area contributed by atoms with Gasteiger partial charge in [-0.25, -0.2) is 0 Å². The molecule has 0 spiro atoms. The molecule has 1 saturated heterocycles. The van der Waals surface area contributed by atoms with E-state index < -0.39 is 6.36 Å². The molecular formula is C15H21F3N2O. The van der Waals surface area contributed by atoms with Crippen molar-refractivity contribution in [1.29, 1.82) is 0 Å². The normalized spacial score (nSPS) is 22.2. The Balaban J connectivity index is 2.16. The van der Waals surface area contributed by atoms with Crippen molar-refractivity contribution < 1.29 is 17.9 Å². The number of benzene rings is 1. The van der Waals surface area contributed by atoms with E-state index in [-0.39, 0.29) is 11.3 Å². The molecule has 1 unspecified atom stereocenters. The molecule has 21 heavy (non-hydrogen) atoms. The van der Waals surface area contributed by atoms with Crippen LogP contribution in [0.15, 0.2) is 24.3 Å². The van der Waals surface area contributed by atoms with E-state index in [4.69, 9.17) is 0 Å². The van der Waals surface area contributed by atoms with E-state index in [0.717, 1.165) is 25.2 Å². The molecule has 1 aromatic rings. The Morgan fingerprint density at radius 2 is 1.90 bits per heavy atom. The highest BCUT2D eigenvalue weighted by Crippen LogP contribution is 2.28. The monoisotopic (exact) mass is 302 g/mol. The second-order valence-electron chi connectivity index (χ2n) is 6.00. The third-order valence-corrected chi connectivity index (χ3v) is 3.70. The fourth-order valence-corrected chi connectivity index (χ4v) is 2.62. The first-order chi connectivity index (χ1) is 9.70. The van der Waals surface area contributed by atoms with Crippen LogP contribution < -0.4 is 15.0 Å². The summed E-state index contributed by atoms with van der Waals surface area (Å²) in [4.78, 5) is 2.24. The molecule has 0 aliphatic carbocycles. The van der Waals surface area contributed by atoms with Gasteiger partial charge in [-0.15, -0.1) is 13.2 Å². The number of nitrogens with one attached hydrogen (secondary N) is 1. The lowest BCUT2D eigenvalue weighted by atomic mass is 9.97. The van der Waals surface area contributed by atoms with Crippen LogP contribution in [-0.2, 0) is 0 Å². The van der Waals surface area contributed by atoms with Crippen LogP contribution in [0.4, 0.5) is 18.9 Å². The van der Waals surface area contributed by atoms with Gasteiger partial charge in [0, 0.05) is 30.4 Å². The quantitative estimate of drug-likeness (QED) is 0.924. The molecule has 0 saturated carbocycles. The maximum Gasteiger partial charge on any atom is 0.573 e. The van der Waals surface area contributed by atoms with Crippen LogP contribution >= 0.6 is 0 Å². The molecule has 1 aliphatic rings. The highest BCUT2D eigenvalue weighted by molar-refractivity contribution is 5.51. The highest BCUT2D eigenvalue weighted by Gasteiger charge is 2.33. The minimum absolute atomic E-state index is 0.0210. The summed E-state index contributed by atoms with van der Waals surface area (Å²) < 4.78 is 40.4. The van der Waals surface area contributed by atoms with Crippen LogP contribution in [0.1, 0.15) is 27.2 Å². The van der Waals surface area contributed by atoms with Crippen LogP contribution in [-0.4, -0.2) is 31.0 Å². The van der Waals surface area contributed by atoms with Gasteiger partial charge in [0.2, 0.25) is 0 Å². The summed E-state index contributed by atoms with van der Waals surface area (Å²) in [6.45, 7) is 8.02. The molecule has 118 valence electrons. The van der Waals surface area contributed by atoms with Crippen molar-refractivity contribution >= 4 is 5.69 Å². The van der Waals surface area contributed by atoms with Gasteiger partial charge in [0.05, 0.1) is 0 Å². The second kappa shape index (κ2) is 5.75. The highest BCUT2D eigenvalue weighted by atomic mass is 19.4. The fraction of sp³-hybridized carbons (Fsp3) is 0.600. The van der Waals surface area contributed by atoms with E-state index in [9.17, 15) is 13.2 Å². The Morgan fingerprint density at radius 3 is 2.43 bits per heavy atom. The SMILES string of the molecule is CCC1CNC(C)(C)CN1c1ccc(OC(F)(F)F)cc1. The Bertz CT molecular complexity index is 471. The molecule has 0 radical (unpaired) electrons. The Kier molecular flexibility index (Phi) is 4.37. The first-order valence-corrected chi connectivity index (χ1v) is 7.08. The molecule has 1 N–H and O–H groups in total. The smallest absolute Gasteiger partial charge is 0.406 e. The maximum absolute atomic E-state index is 12.2. The average molecular weight is 302 g/mol. The number of rotatable bonds is 3. The van der Waals surface area contributed by atoms with E-state index >= 15 is 0 Å². The number of piperazine rings is 1. The van der Waals surface area contributed by atoms with E-state index in [2.05, 4.69) is 35.7 Å². The third kappa shape index (κ3) is 4.27. The molecule has 2 rings (SSSR count). The number of halogens is 3. The largest absolute Gasteiger partial charge is 0.573 e. The van der Waals surface area contributed by atoms with Crippen LogP contribution in [0, 0.1) is 0 Å². The Labute approximate surface area is 123 Å². The maximum atomic E-state index is 12.2. The number of hydrogen-bond donors (Lipinski definition) is 1. The average Bonchev–Trinajstić information content (AvgIpc) is 2.37. The van der Waals surface area contributed by atoms with Gasteiger partial charge >= 0.3 is 6.36 Å². The lowest BCUT2D eigenvalue weighted by Crippen LogP contribution is -2.61. The van der Waals surface area contributed by atoms with Crippen LogP contribution in [0.25, 0.3) is 0 Å². The van der Waals surface area contributed by atoms with Crippen LogP contribution in [0.3, 0.4) is 0 Å². The first-order valence-electron chi connectivity index (χ1n) is 7.08. The van der Waals surface area contributed by atoms with Gasteiger partial charge in [-0.2, -0.15) is 0 Å². The summed E-state index contributed by atoms with van der Waals surface area (Å²) in [6, 6.07) is 6.44. The van der Waals surface area contributed by atoms with Crippen molar-refractivity contribution in [1.82, 2.24) is 5.32 Å². The van der Waals surface area contributed by atoms with Gasteiger partial charge in [0.15, 0.2) is 0 Å². The third-order valence-electron chi connectivity index (χ3n) is 3.70. The lowest BCUT2D eigenvalue weighted by Gasteiger charge is -2.45. The second-order valence-corrected chi connectivity index (χ2v) is 6.00. The summed E-state index contributed by atoms with van der Waals surface area (Å²) in [7, 11) is 0. The van der Waals surface area contributed by atoms with Crippen molar-refractivity contribution in [3.05, 3.63) is 24.3 Å². The summed E-state index contributed by atoms with van der Waals surface area (Å²) >= 11 is 0. The van der Waals surface area contributed by atoms with E-state index in [0.29, 0.717) is 6.04 Å². The molecule has 0 amide bonds. The van der Waals surface area contributed by atoms with E-state index in [1.54, 1.807) is 12.1 Å². The van der Waals surface area contributed by atoms with Crippen molar-refractivity contribution in [3.63, 3.8) is 0 Å². The van der Waals surface area contributed by atoms with Crippen molar-refractivity contribution in [2.75, 3.05) is 18.0 Å². The summed E-state index contributed by atoms with van der Waals surface area (Å²) in [5, 5.41) is 3.49. The van der Waals surface area contributed by atoms with Crippen LogP contribution in [0.5, 0.6) is 5.75 Å². The minimum Gasteiger partial charge on any atom is -0.406 e. The number of alkyl halides is 3. The minimum atomic E-state index is -4.65. The predicted molar refractivity (Wildman–Crippen MR) is 76.6 cm³/mol. The summed E-state index contributed by atoms with van der Waals surface area (Å²) in [5.74, 6) is -0.186. The molecule has 1 atom stereocenters. The van der Waals surface area contributed by atoms with Crippen molar-refractivity contribution in [2.24, 2.45) is 0 Å². The Morgan fingerprint density at radius 1 is 1.29 bits per heavy atom. The van der Waals surface area contributed by atoms with Crippen molar-refractivity contribution in [2.45, 2.75) is 45.1 Å². The zero-order valence-corrected chi connectivity index (χ0v) is 12.5. The van der Waals surface area contributed by atoms with Gasteiger partial charge in [-0.3, -0.25) is 0 Å². The van der Waals surface area contributed by atoms with E-state index in [1.165, 1.54) is 12.1 Å². The molecule has 0 bridgehead atoms. The molecular weight excluding hydrogens is 281 g/mol. The molecule has 1 aromatic carbocycles. The topological polar surface area (TPSA) is 24.5 Å². The predicted octanol–water partition coefficient (Wildman–Crippen LogP) is 3.55. The van der Waals surface area contributed by atoms with Gasteiger partial charge in [0.25, 0.3) is 0 Å². The molecule has 3 nitrogen and oxygen atoms in total. The molecule has 6 heteroatoms. The molecule has 1 fully saturated rings. The van der Waals surface area contributed by atoms with E-state index in [1.807, 2.05) is 0 Å². The number of hydrogen-bond acceptors (Lipinski definition) is 3. The zero-order chi connectivity index (χ0) is 15.7. The van der Waals surface area contributed by atoms with Gasteiger partial charge in [-0.05, 0) is 44.5 Å². The summed E-state index contributed by atoms with van der Waals surface area (Å²) in [5.41, 5.74) is 0.901. The lowest BCUT2D eigenvalue weighted by molar-refractivity contribution is -0.274. The number of anilines is 1. The first kappa shape index (κ1) is 15.9. The zero-order valence-electron chi connectivity index (χ0n) is 12.5. The molecule has 1 heterocycles. The van der Waals surface area contributed by atoms with Crippen LogP contribution in [0.2, 0.25) is 0 Å².